The molecule has 1 heterocycles. The molecule has 1 N–H and O–H groups in total. The van der Waals surface area contributed by atoms with Gasteiger partial charge in [0.1, 0.15) is 0 Å². The van der Waals surface area contributed by atoms with Gasteiger partial charge in [0.2, 0.25) is 5.91 Å². The monoisotopic (exact) mass is 347 g/mol. The van der Waals surface area contributed by atoms with Gasteiger partial charge in [-0.1, -0.05) is 6.07 Å². The minimum atomic E-state index is -0.814. The second-order valence-electron chi connectivity index (χ2n) is 6.63. The summed E-state index contributed by atoms with van der Waals surface area (Å²) >= 11 is 0. The summed E-state index contributed by atoms with van der Waals surface area (Å²) in [7, 11) is 0. The second kappa shape index (κ2) is 7.08. The van der Waals surface area contributed by atoms with Crippen LogP contribution in [-0.2, 0) is 9.59 Å². The minimum absolute atomic E-state index is 0.0439. The van der Waals surface area contributed by atoms with Gasteiger partial charge < -0.3 is 14.9 Å². The van der Waals surface area contributed by atoms with Gasteiger partial charge in [-0.3, -0.25) is 19.7 Å². The number of non-ortho nitro benzene ring substituents is 1. The fourth-order valence-corrected chi connectivity index (χ4v) is 3.68. The molecule has 25 heavy (non-hydrogen) atoms. The molecule has 0 radical (unpaired) electrons. The predicted octanol–water partition coefficient (Wildman–Crippen LogP) is 1.74. The molecule has 3 rings (SSSR count). The molecule has 2 fully saturated rings. The van der Waals surface area contributed by atoms with Crippen molar-refractivity contribution in [2.75, 3.05) is 31.1 Å². The van der Waals surface area contributed by atoms with E-state index in [0.29, 0.717) is 45.4 Å². The zero-order valence-electron chi connectivity index (χ0n) is 13.8. The van der Waals surface area contributed by atoms with Crippen molar-refractivity contribution >= 4 is 23.3 Å². The Bertz CT molecular complexity index is 685. The highest BCUT2D eigenvalue weighted by Gasteiger charge is 2.36. The maximum atomic E-state index is 12.6. The number of anilines is 1. The standard InChI is InChI=1S/C17H21N3O5/c21-16(12-4-5-13(10-12)17(22)23)19-8-6-18(7-9-19)14-2-1-3-15(11-14)20(24)25/h1-3,11-13H,4-10H2,(H,22,23)/t12-,13+/m0/s1. The molecule has 8 nitrogen and oxygen atoms in total. The number of nitro benzene ring substituents is 1. The van der Waals surface area contributed by atoms with Gasteiger partial charge in [0.05, 0.1) is 10.8 Å². The first kappa shape index (κ1) is 17.2. The normalized spacial score (nSPS) is 23.5. The lowest BCUT2D eigenvalue weighted by Crippen LogP contribution is -2.50. The molecular formula is C17H21N3O5. The van der Waals surface area contributed by atoms with Crippen LogP contribution in [0.1, 0.15) is 19.3 Å². The van der Waals surface area contributed by atoms with E-state index in [1.165, 1.54) is 6.07 Å². The maximum absolute atomic E-state index is 12.6. The maximum Gasteiger partial charge on any atom is 0.306 e. The molecule has 1 aromatic carbocycles. The van der Waals surface area contributed by atoms with E-state index >= 15 is 0 Å². The lowest BCUT2D eigenvalue weighted by Gasteiger charge is -2.37. The van der Waals surface area contributed by atoms with Gasteiger partial charge >= 0.3 is 5.97 Å². The Morgan fingerprint density at radius 2 is 1.80 bits per heavy atom. The Balaban J connectivity index is 1.57. The van der Waals surface area contributed by atoms with Gasteiger partial charge in [0, 0.05) is 49.9 Å². The highest BCUT2D eigenvalue weighted by molar-refractivity contribution is 5.81. The van der Waals surface area contributed by atoms with Crippen molar-refractivity contribution in [3.05, 3.63) is 34.4 Å². The number of carboxylic acids is 1. The van der Waals surface area contributed by atoms with Crippen LogP contribution in [0, 0.1) is 22.0 Å². The van der Waals surface area contributed by atoms with Gasteiger partial charge in [-0.25, -0.2) is 0 Å². The number of nitrogens with zero attached hydrogens (tertiary/aromatic N) is 3. The number of hydrogen-bond donors (Lipinski definition) is 1. The van der Waals surface area contributed by atoms with E-state index in [2.05, 4.69) is 0 Å². The molecule has 1 saturated heterocycles. The van der Waals surface area contributed by atoms with E-state index in [9.17, 15) is 19.7 Å². The Labute approximate surface area is 145 Å². The van der Waals surface area contributed by atoms with E-state index in [1.807, 2.05) is 11.0 Å². The number of amides is 1. The summed E-state index contributed by atoms with van der Waals surface area (Å²) in [5.74, 6) is -1.36. The van der Waals surface area contributed by atoms with Crippen molar-refractivity contribution in [2.24, 2.45) is 11.8 Å². The van der Waals surface area contributed by atoms with E-state index in [-0.39, 0.29) is 17.5 Å². The lowest BCUT2D eigenvalue weighted by atomic mass is 10.0. The molecule has 8 heteroatoms. The summed E-state index contributed by atoms with van der Waals surface area (Å²) in [5.41, 5.74) is 0.842. The van der Waals surface area contributed by atoms with Gasteiger partial charge in [0.15, 0.2) is 0 Å². The molecule has 2 aliphatic rings. The molecular weight excluding hydrogens is 326 g/mol. The van der Waals surface area contributed by atoms with Crippen LogP contribution in [0.25, 0.3) is 0 Å². The van der Waals surface area contributed by atoms with Gasteiger partial charge in [-0.15, -0.1) is 0 Å². The van der Waals surface area contributed by atoms with Crippen LogP contribution < -0.4 is 4.90 Å². The SMILES string of the molecule is O=C(O)[C@@H]1CC[C@H](C(=O)N2CCN(c3cccc([N+](=O)[O-])c3)CC2)C1. The van der Waals surface area contributed by atoms with Crippen molar-refractivity contribution in [3.8, 4) is 0 Å². The number of rotatable bonds is 4. The minimum Gasteiger partial charge on any atom is -0.481 e. The first-order chi connectivity index (χ1) is 12.0. The third kappa shape index (κ3) is 3.72. The summed E-state index contributed by atoms with van der Waals surface area (Å²) < 4.78 is 0. The summed E-state index contributed by atoms with van der Waals surface area (Å²) in [4.78, 5) is 37.9. The summed E-state index contributed by atoms with van der Waals surface area (Å²) in [6, 6.07) is 6.50. The molecule has 1 amide bonds. The Hall–Kier alpha value is -2.64. The van der Waals surface area contributed by atoms with Crippen LogP contribution in [-0.4, -0.2) is 53.0 Å². The molecule has 1 aliphatic carbocycles. The molecule has 1 aliphatic heterocycles. The Morgan fingerprint density at radius 3 is 2.40 bits per heavy atom. The van der Waals surface area contributed by atoms with Crippen LogP contribution in [0.4, 0.5) is 11.4 Å². The first-order valence-corrected chi connectivity index (χ1v) is 8.46. The number of carboxylic acid groups (broad SMARTS) is 1. The van der Waals surface area contributed by atoms with Crippen molar-refractivity contribution in [2.45, 2.75) is 19.3 Å². The number of aliphatic carboxylic acids is 1. The topological polar surface area (TPSA) is 104 Å². The van der Waals surface area contributed by atoms with Gasteiger partial charge in [0.25, 0.3) is 5.69 Å². The molecule has 1 saturated carbocycles. The van der Waals surface area contributed by atoms with Crippen LogP contribution in [0.15, 0.2) is 24.3 Å². The molecule has 0 aromatic heterocycles. The van der Waals surface area contributed by atoms with Gasteiger partial charge in [-0.05, 0) is 25.3 Å². The number of piperazine rings is 1. The van der Waals surface area contributed by atoms with Crippen molar-refractivity contribution in [1.82, 2.24) is 4.90 Å². The quantitative estimate of drug-likeness (QED) is 0.657. The van der Waals surface area contributed by atoms with E-state index in [0.717, 1.165) is 5.69 Å². The Morgan fingerprint density at radius 1 is 1.12 bits per heavy atom. The fraction of sp³-hybridized carbons (Fsp3) is 0.529. The molecule has 0 unspecified atom stereocenters. The zero-order chi connectivity index (χ0) is 18.0. The molecule has 1 aromatic rings. The Kier molecular flexibility index (Phi) is 4.87. The van der Waals surface area contributed by atoms with Crippen molar-refractivity contribution in [3.63, 3.8) is 0 Å². The smallest absolute Gasteiger partial charge is 0.306 e. The van der Waals surface area contributed by atoms with Crippen LogP contribution in [0.5, 0.6) is 0 Å². The third-order valence-electron chi connectivity index (χ3n) is 5.13. The average Bonchev–Trinajstić information content (AvgIpc) is 3.12. The fourth-order valence-electron chi connectivity index (χ4n) is 3.68. The molecule has 0 bridgehead atoms. The number of benzene rings is 1. The largest absolute Gasteiger partial charge is 0.481 e. The van der Waals surface area contributed by atoms with Crippen molar-refractivity contribution < 1.29 is 19.6 Å². The number of hydrogen-bond acceptors (Lipinski definition) is 5. The highest BCUT2D eigenvalue weighted by Crippen LogP contribution is 2.33. The first-order valence-electron chi connectivity index (χ1n) is 8.46. The number of carbonyl (C=O) groups is 2. The summed E-state index contributed by atoms with van der Waals surface area (Å²) in [6.07, 6.45) is 1.64. The lowest BCUT2D eigenvalue weighted by molar-refractivity contribution is -0.384. The molecule has 0 spiro atoms. The van der Waals surface area contributed by atoms with Crippen LogP contribution in [0.2, 0.25) is 0 Å². The van der Waals surface area contributed by atoms with E-state index in [1.54, 1.807) is 17.0 Å². The van der Waals surface area contributed by atoms with E-state index in [4.69, 9.17) is 5.11 Å². The van der Waals surface area contributed by atoms with Crippen LogP contribution in [0.3, 0.4) is 0 Å². The van der Waals surface area contributed by atoms with Crippen molar-refractivity contribution in [1.29, 1.82) is 0 Å². The molecule has 134 valence electrons. The van der Waals surface area contributed by atoms with Gasteiger partial charge in [-0.2, -0.15) is 0 Å². The predicted molar refractivity (Wildman–Crippen MR) is 90.4 cm³/mol. The zero-order valence-corrected chi connectivity index (χ0v) is 13.8. The third-order valence-corrected chi connectivity index (χ3v) is 5.13. The second-order valence-corrected chi connectivity index (χ2v) is 6.63. The summed E-state index contributed by atoms with van der Waals surface area (Å²) in [5, 5.41) is 20.0. The average molecular weight is 347 g/mol. The van der Waals surface area contributed by atoms with E-state index < -0.39 is 16.8 Å². The number of nitro groups is 1. The highest BCUT2D eigenvalue weighted by atomic mass is 16.6. The summed E-state index contributed by atoms with van der Waals surface area (Å²) in [6.45, 7) is 2.33. The number of carbonyl (C=O) groups excluding carboxylic acids is 1. The molecule has 2 atom stereocenters. The van der Waals surface area contributed by atoms with Crippen LogP contribution >= 0.6 is 0 Å².